The Bertz CT molecular complexity index is 537. The van der Waals surface area contributed by atoms with Crippen molar-refractivity contribution in [3.8, 4) is 5.88 Å². The first kappa shape index (κ1) is 12.7. The number of methoxy groups -OCH3 is 1. The lowest BCUT2D eigenvalue weighted by Gasteiger charge is -2.04. The van der Waals surface area contributed by atoms with Gasteiger partial charge in [0.25, 0.3) is 0 Å². The number of ether oxygens (including phenoxy) is 1. The van der Waals surface area contributed by atoms with Gasteiger partial charge in [-0.15, -0.1) is 0 Å². The van der Waals surface area contributed by atoms with Crippen LogP contribution in [-0.4, -0.2) is 22.1 Å². The smallest absolute Gasteiger partial charge is 0.212 e. The summed E-state index contributed by atoms with van der Waals surface area (Å²) in [5.41, 5.74) is 1.14. The van der Waals surface area contributed by atoms with Gasteiger partial charge >= 0.3 is 0 Å². The highest BCUT2D eigenvalue weighted by Gasteiger charge is 2.09. The molecule has 4 nitrogen and oxygen atoms in total. The van der Waals surface area contributed by atoms with Gasteiger partial charge in [0.1, 0.15) is 5.82 Å². The summed E-state index contributed by atoms with van der Waals surface area (Å²) < 4.78 is 18.2. The third-order valence-corrected chi connectivity index (χ3v) is 2.64. The van der Waals surface area contributed by atoms with E-state index in [0.717, 1.165) is 5.56 Å². The van der Waals surface area contributed by atoms with E-state index >= 15 is 0 Å². The monoisotopic (exact) mass is 267 g/mol. The number of pyridine rings is 1. The van der Waals surface area contributed by atoms with Gasteiger partial charge in [0.15, 0.2) is 11.0 Å². The zero-order valence-electron chi connectivity index (χ0n) is 9.94. The summed E-state index contributed by atoms with van der Waals surface area (Å²) in [5.74, 6) is 0.423. The van der Waals surface area contributed by atoms with Gasteiger partial charge in [0, 0.05) is 18.7 Å². The lowest BCUT2D eigenvalue weighted by atomic mass is 10.2. The van der Waals surface area contributed by atoms with E-state index in [0.29, 0.717) is 18.1 Å². The van der Waals surface area contributed by atoms with Crippen molar-refractivity contribution in [3.63, 3.8) is 0 Å². The van der Waals surface area contributed by atoms with Gasteiger partial charge in [-0.25, -0.2) is 19.3 Å². The first-order valence-corrected chi connectivity index (χ1v) is 5.65. The minimum absolute atomic E-state index is 0.154. The summed E-state index contributed by atoms with van der Waals surface area (Å²) in [7, 11) is 1.55. The molecule has 0 unspecified atom stereocenters. The molecular formula is C12H11ClFN3O. The average Bonchev–Trinajstić information content (AvgIpc) is 2.37. The fourth-order valence-electron chi connectivity index (χ4n) is 1.48. The first-order chi connectivity index (χ1) is 8.60. The van der Waals surface area contributed by atoms with Crippen LogP contribution < -0.4 is 4.74 Å². The molecule has 94 valence electrons. The number of aryl methyl sites for hydroxylation is 1. The molecule has 2 aromatic rings. The molecule has 2 aromatic heterocycles. The van der Waals surface area contributed by atoms with Gasteiger partial charge in [0.05, 0.1) is 12.8 Å². The first-order valence-electron chi connectivity index (χ1n) is 5.27. The maximum absolute atomic E-state index is 13.3. The van der Waals surface area contributed by atoms with Crippen molar-refractivity contribution in [2.75, 3.05) is 7.11 Å². The highest BCUT2D eigenvalue weighted by Crippen LogP contribution is 2.16. The van der Waals surface area contributed by atoms with Crippen LogP contribution in [0.5, 0.6) is 5.88 Å². The summed E-state index contributed by atoms with van der Waals surface area (Å²) in [5, 5.41) is -0.154. The summed E-state index contributed by atoms with van der Waals surface area (Å²) in [4.78, 5) is 12.0. The van der Waals surface area contributed by atoms with Crippen LogP contribution in [0.2, 0.25) is 5.15 Å². The van der Waals surface area contributed by atoms with E-state index in [1.54, 1.807) is 26.3 Å². The molecule has 0 N–H and O–H groups in total. The van der Waals surface area contributed by atoms with Crippen molar-refractivity contribution < 1.29 is 9.13 Å². The Morgan fingerprint density at radius 1 is 1.33 bits per heavy atom. The zero-order valence-corrected chi connectivity index (χ0v) is 10.7. The maximum Gasteiger partial charge on any atom is 0.212 e. The van der Waals surface area contributed by atoms with E-state index in [1.165, 1.54) is 0 Å². The zero-order chi connectivity index (χ0) is 13.1. The lowest BCUT2D eigenvalue weighted by molar-refractivity contribution is 0.397. The van der Waals surface area contributed by atoms with Crippen LogP contribution in [0.15, 0.2) is 18.3 Å². The molecule has 0 fully saturated rings. The van der Waals surface area contributed by atoms with Crippen molar-refractivity contribution in [1.82, 2.24) is 15.0 Å². The van der Waals surface area contributed by atoms with Crippen molar-refractivity contribution >= 4 is 11.6 Å². The van der Waals surface area contributed by atoms with E-state index in [4.69, 9.17) is 16.3 Å². The number of rotatable bonds is 3. The van der Waals surface area contributed by atoms with Gasteiger partial charge < -0.3 is 4.74 Å². The van der Waals surface area contributed by atoms with Crippen molar-refractivity contribution in [2.45, 2.75) is 13.3 Å². The van der Waals surface area contributed by atoms with Crippen molar-refractivity contribution in [1.29, 1.82) is 0 Å². The van der Waals surface area contributed by atoms with E-state index in [9.17, 15) is 4.39 Å². The molecule has 0 spiro atoms. The average molecular weight is 268 g/mol. The highest BCUT2D eigenvalue weighted by atomic mass is 35.5. The molecule has 2 rings (SSSR count). The van der Waals surface area contributed by atoms with Gasteiger partial charge in [-0.2, -0.15) is 0 Å². The van der Waals surface area contributed by atoms with Crippen molar-refractivity contribution in [3.05, 3.63) is 46.4 Å². The lowest BCUT2D eigenvalue weighted by Crippen LogP contribution is -2.02. The van der Waals surface area contributed by atoms with Gasteiger partial charge in [-0.05, 0) is 12.5 Å². The molecule has 2 heterocycles. The molecule has 0 aliphatic heterocycles. The third kappa shape index (κ3) is 2.73. The molecule has 0 aliphatic rings. The topological polar surface area (TPSA) is 47.9 Å². The molecule has 0 aromatic carbocycles. The molecule has 0 saturated carbocycles. The minimum Gasteiger partial charge on any atom is -0.481 e. The fourth-order valence-corrected chi connectivity index (χ4v) is 1.71. The molecule has 0 amide bonds. The van der Waals surface area contributed by atoms with Gasteiger partial charge in [-0.3, -0.25) is 0 Å². The Kier molecular flexibility index (Phi) is 3.72. The normalized spacial score (nSPS) is 10.4. The van der Waals surface area contributed by atoms with Gasteiger partial charge in [-0.1, -0.05) is 17.7 Å². The number of aromatic nitrogens is 3. The van der Waals surface area contributed by atoms with Crippen LogP contribution in [0.3, 0.4) is 0 Å². The second kappa shape index (κ2) is 5.27. The predicted molar refractivity (Wildman–Crippen MR) is 65.3 cm³/mol. The molecule has 0 saturated heterocycles. The summed E-state index contributed by atoms with van der Waals surface area (Å²) >= 11 is 5.67. The molecule has 6 heteroatoms. The van der Waals surface area contributed by atoms with Crippen LogP contribution in [0.1, 0.15) is 17.1 Å². The van der Waals surface area contributed by atoms with Crippen LogP contribution in [0.4, 0.5) is 4.39 Å². The predicted octanol–water partition coefficient (Wildman–Crippen LogP) is 2.57. The standard InChI is InChI=1S/C12H11ClFN3O/c1-7-11(14)12(13)17-9(16-7)5-8-3-4-10(18-2)15-6-8/h3-4,6H,5H2,1-2H3. The van der Waals surface area contributed by atoms with E-state index in [-0.39, 0.29) is 10.8 Å². The Balaban J connectivity index is 2.23. The molecule has 0 radical (unpaired) electrons. The number of nitrogens with zero attached hydrogens (tertiary/aromatic N) is 3. The number of halogens is 2. The summed E-state index contributed by atoms with van der Waals surface area (Å²) in [6, 6.07) is 3.59. The molecule has 18 heavy (non-hydrogen) atoms. The fraction of sp³-hybridized carbons (Fsp3) is 0.250. The Morgan fingerprint density at radius 3 is 2.67 bits per heavy atom. The van der Waals surface area contributed by atoms with Crippen LogP contribution >= 0.6 is 11.6 Å². The Hall–Kier alpha value is -1.75. The molecule has 0 aliphatic carbocycles. The number of hydrogen-bond donors (Lipinski definition) is 0. The molecule has 0 bridgehead atoms. The quantitative estimate of drug-likeness (QED) is 0.802. The highest BCUT2D eigenvalue weighted by molar-refractivity contribution is 6.29. The van der Waals surface area contributed by atoms with E-state index in [2.05, 4.69) is 15.0 Å². The maximum atomic E-state index is 13.3. The number of hydrogen-bond acceptors (Lipinski definition) is 4. The SMILES string of the molecule is COc1ccc(Cc2nc(C)c(F)c(Cl)n2)cn1. The van der Waals surface area contributed by atoms with Crippen LogP contribution in [-0.2, 0) is 6.42 Å². The Labute approximate surface area is 109 Å². The molecular weight excluding hydrogens is 257 g/mol. The molecule has 0 atom stereocenters. The third-order valence-electron chi connectivity index (χ3n) is 2.39. The van der Waals surface area contributed by atoms with Crippen LogP contribution in [0.25, 0.3) is 0 Å². The second-order valence-electron chi connectivity index (χ2n) is 3.72. The largest absolute Gasteiger partial charge is 0.481 e. The second-order valence-corrected chi connectivity index (χ2v) is 4.07. The minimum atomic E-state index is -0.576. The van der Waals surface area contributed by atoms with E-state index < -0.39 is 5.82 Å². The van der Waals surface area contributed by atoms with E-state index in [1.807, 2.05) is 6.07 Å². The van der Waals surface area contributed by atoms with Crippen LogP contribution in [0, 0.1) is 12.7 Å². The Morgan fingerprint density at radius 2 is 2.11 bits per heavy atom. The van der Waals surface area contributed by atoms with Gasteiger partial charge in [0.2, 0.25) is 5.88 Å². The summed E-state index contributed by atoms with van der Waals surface area (Å²) in [6.07, 6.45) is 2.10. The summed E-state index contributed by atoms with van der Waals surface area (Å²) in [6.45, 7) is 1.55. The van der Waals surface area contributed by atoms with Crippen molar-refractivity contribution in [2.24, 2.45) is 0 Å².